The number of nitrogens with zero attached hydrogens (tertiary/aromatic N) is 1. The average molecular weight is 282 g/mol. The van der Waals surface area contributed by atoms with Gasteiger partial charge in [0.05, 0.1) is 11.3 Å². The first-order valence-electron chi connectivity index (χ1n) is 5.25. The first-order chi connectivity index (χ1) is 9.06. The molecule has 2 heterocycles. The Bertz CT molecular complexity index is 524. The number of hydrogen-bond acceptors (Lipinski definition) is 6. The van der Waals surface area contributed by atoms with E-state index in [9.17, 15) is 14.4 Å². The van der Waals surface area contributed by atoms with E-state index in [-0.39, 0.29) is 12.3 Å². The number of rotatable bonds is 3. The van der Waals surface area contributed by atoms with Gasteiger partial charge in [-0.1, -0.05) is 11.2 Å². The molecular formula is C10H10N4O4S. The van der Waals surface area contributed by atoms with Crippen LogP contribution in [0.15, 0.2) is 22.7 Å². The van der Waals surface area contributed by atoms with E-state index < -0.39 is 23.9 Å². The third kappa shape index (κ3) is 3.28. The summed E-state index contributed by atoms with van der Waals surface area (Å²) in [7, 11) is 0. The lowest BCUT2D eigenvalue weighted by Gasteiger charge is -2.19. The van der Waals surface area contributed by atoms with Gasteiger partial charge in [0, 0.05) is 0 Å². The van der Waals surface area contributed by atoms with Crippen molar-refractivity contribution in [3.63, 3.8) is 0 Å². The lowest BCUT2D eigenvalue weighted by atomic mass is 10.2. The summed E-state index contributed by atoms with van der Waals surface area (Å²) >= 11 is 1.34. The predicted octanol–water partition coefficient (Wildman–Crippen LogP) is -0.490. The summed E-state index contributed by atoms with van der Waals surface area (Å²) in [6.45, 7) is 0. The number of oxime groups is 1. The van der Waals surface area contributed by atoms with Crippen LogP contribution >= 0.6 is 11.3 Å². The van der Waals surface area contributed by atoms with E-state index in [0.29, 0.717) is 4.88 Å². The van der Waals surface area contributed by atoms with Crippen LogP contribution in [0.2, 0.25) is 0 Å². The molecule has 1 aliphatic heterocycles. The second-order valence-electron chi connectivity index (χ2n) is 3.64. The van der Waals surface area contributed by atoms with Gasteiger partial charge in [-0.05, 0) is 11.4 Å². The fourth-order valence-electron chi connectivity index (χ4n) is 1.38. The molecule has 0 saturated carbocycles. The number of thiophene rings is 1. The molecule has 1 atom stereocenters. The normalized spacial score (nSPS) is 19.6. The number of urea groups is 1. The van der Waals surface area contributed by atoms with Crippen LogP contribution in [-0.4, -0.2) is 29.8 Å². The van der Waals surface area contributed by atoms with E-state index >= 15 is 0 Å². The number of carbonyl (C=O) groups excluding carboxylic acids is 3. The van der Waals surface area contributed by atoms with Gasteiger partial charge >= 0.3 is 12.0 Å². The minimum absolute atomic E-state index is 0.0509. The SMILES string of the molecule is N/C(=N\OC(=O)C1CC(=O)NC(=O)N1)c1cccs1. The van der Waals surface area contributed by atoms with Gasteiger partial charge in [-0.15, -0.1) is 11.3 Å². The zero-order valence-electron chi connectivity index (χ0n) is 9.58. The lowest BCUT2D eigenvalue weighted by molar-refractivity contribution is -0.148. The van der Waals surface area contributed by atoms with Gasteiger partial charge in [0.2, 0.25) is 5.91 Å². The molecule has 1 unspecified atom stereocenters. The molecule has 0 spiro atoms. The fraction of sp³-hybridized carbons (Fsp3) is 0.200. The summed E-state index contributed by atoms with van der Waals surface area (Å²) in [6.07, 6.45) is -0.195. The zero-order valence-corrected chi connectivity index (χ0v) is 10.4. The van der Waals surface area contributed by atoms with Crippen LogP contribution in [0.25, 0.3) is 0 Å². The Morgan fingerprint density at radius 1 is 1.53 bits per heavy atom. The molecule has 8 nitrogen and oxygen atoms in total. The van der Waals surface area contributed by atoms with Gasteiger partial charge in [-0.2, -0.15) is 0 Å². The van der Waals surface area contributed by atoms with Crippen molar-refractivity contribution in [2.75, 3.05) is 0 Å². The standard InChI is InChI=1S/C10H10N4O4S/c11-8(6-2-1-3-19-6)14-18-9(16)5-4-7(15)13-10(17)12-5/h1-3,5H,4H2,(H2,11,14)(H2,12,13,15,17). The molecular weight excluding hydrogens is 272 g/mol. The molecule has 1 aliphatic rings. The number of carbonyl (C=O) groups is 3. The molecule has 2 rings (SSSR count). The molecule has 1 saturated heterocycles. The van der Waals surface area contributed by atoms with Gasteiger partial charge in [0.25, 0.3) is 0 Å². The first kappa shape index (κ1) is 13.0. The number of imide groups is 1. The van der Waals surface area contributed by atoms with E-state index in [1.54, 1.807) is 17.5 Å². The van der Waals surface area contributed by atoms with Crippen LogP contribution in [-0.2, 0) is 14.4 Å². The fourth-order valence-corrected chi connectivity index (χ4v) is 2.00. The van der Waals surface area contributed by atoms with Crippen LogP contribution in [0.3, 0.4) is 0 Å². The molecule has 3 amide bonds. The van der Waals surface area contributed by atoms with Crippen molar-refractivity contribution in [3.8, 4) is 0 Å². The summed E-state index contributed by atoms with van der Waals surface area (Å²) in [5, 5.41) is 9.51. The molecule has 0 aliphatic carbocycles. The maximum absolute atomic E-state index is 11.6. The van der Waals surface area contributed by atoms with Crippen molar-refractivity contribution in [2.45, 2.75) is 12.5 Å². The molecule has 0 bridgehead atoms. The first-order valence-corrected chi connectivity index (χ1v) is 6.13. The molecule has 1 aromatic heterocycles. The molecule has 19 heavy (non-hydrogen) atoms. The number of amides is 3. The maximum atomic E-state index is 11.6. The molecule has 1 fully saturated rings. The van der Waals surface area contributed by atoms with Crippen molar-refractivity contribution in [1.82, 2.24) is 10.6 Å². The van der Waals surface area contributed by atoms with E-state index in [1.807, 2.05) is 5.32 Å². The second kappa shape index (κ2) is 5.48. The van der Waals surface area contributed by atoms with Crippen molar-refractivity contribution < 1.29 is 19.2 Å². The van der Waals surface area contributed by atoms with Crippen molar-refractivity contribution in [1.29, 1.82) is 0 Å². The summed E-state index contributed by atoms with van der Waals surface area (Å²) in [6, 6.07) is 1.69. The van der Waals surface area contributed by atoms with Gasteiger partial charge in [-0.3, -0.25) is 10.1 Å². The largest absolute Gasteiger partial charge is 0.380 e. The number of hydrogen-bond donors (Lipinski definition) is 3. The molecule has 0 aromatic carbocycles. The van der Waals surface area contributed by atoms with Crippen LogP contribution < -0.4 is 16.4 Å². The Hall–Kier alpha value is -2.42. The van der Waals surface area contributed by atoms with E-state index in [4.69, 9.17) is 5.73 Å². The molecule has 4 N–H and O–H groups in total. The topological polar surface area (TPSA) is 123 Å². The zero-order chi connectivity index (χ0) is 13.8. The Morgan fingerprint density at radius 2 is 2.32 bits per heavy atom. The van der Waals surface area contributed by atoms with Gasteiger partial charge in [0.15, 0.2) is 5.84 Å². The highest BCUT2D eigenvalue weighted by Gasteiger charge is 2.31. The molecule has 9 heteroatoms. The summed E-state index contributed by atoms with van der Waals surface area (Å²) < 4.78 is 0. The van der Waals surface area contributed by atoms with Crippen molar-refractivity contribution in [3.05, 3.63) is 22.4 Å². The van der Waals surface area contributed by atoms with Crippen LogP contribution in [0.1, 0.15) is 11.3 Å². The summed E-state index contributed by atoms with van der Waals surface area (Å²) in [5.41, 5.74) is 5.59. The maximum Gasteiger partial charge on any atom is 0.357 e. The Kier molecular flexibility index (Phi) is 3.76. The van der Waals surface area contributed by atoms with Crippen molar-refractivity contribution in [2.24, 2.45) is 10.9 Å². The van der Waals surface area contributed by atoms with E-state index in [2.05, 4.69) is 15.3 Å². The Morgan fingerprint density at radius 3 is 2.95 bits per heavy atom. The quantitative estimate of drug-likeness (QED) is 0.299. The van der Waals surface area contributed by atoms with Gasteiger partial charge < -0.3 is 15.9 Å². The van der Waals surface area contributed by atoms with Crippen LogP contribution in [0, 0.1) is 0 Å². The summed E-state index contributed by atoms with van der Waals surface area (Å²) in [4.78, 5) is 38.9. The Labute approximate surface area is 111 Å². The highest BCUT2D eigenvalue weighted by Crippen LogP contribution is 2.08. The van der Waals surface area contributed by atoms with Crippen LogP contribution in [0.4, 0.5) is 4.79 Å². The number of nitrogens with one attached hydrogen (secondary N) is 2. The van der Waals surface area contributed by atoms with Gasteiger partial charge in [-0.25, -0.2) is 9.59 Å². The number of amidine groups is 1. The minimum atomic E-state index is -1.05. The third-order valence-corrected chi connectivity index (χ3v) is 3.13. The molecule has 0 radical (unpaired) electrons. The lowest BCUT2D eigenvalue weighted by Crippen LogP contribution is -2.55. The van der Waals surface area contributed by atoms with E-state index in [1.165, 1.54) is 11.3 Å². The minimum Gasteiger partial charge on any atom is -0.380 e. The van der Waals surface area contributed by atoms with E-state index in [0.717, 1.165) is 0 Å². The predicted molar refractivity (Wildman–Crippen MR) is 66.2 cm³/mol. The number of nitrogens with two attached hydrogens (primary N) is 1. The summed E-state index contributed by atoms with van der Waals surface area (Å²) in [5.74, 6) is -1.35. The average Bonchev–Trinajstić information content (AvgIpc) is 2.88. The molecule has 100 valence electrons. The van der Waals surface area contributed by atoms with Gasteiger partial charge in [0.1, 0.15) is 6.04 Å². The highest BCUT2D eigenvalue weighted by atomic mass is 32.1. The monoisotopic (exact) mass is 282 g/mol. The molecule has 1 aromatic rings. The highest BCUT2D eigenvalue weighted by molar-refractivity contribution is 7.12. The third-order valence-electron chi connectivity index (χ3n) is 2.24. The smallest absolute Gasteiger partial charge is 0.357 e. The van der Waals surface area contributed by atoms with Crippen LogP contribution in [0.5, 0.6) is 0 Å². The van der Waals surface area contributed by atoms with Crippen molar-refractivity contribution >= 4 is 35.1 Å². The second-order valence-corrected chi connectivity index (χ2v) is 4.59. The Balaban J connectivity index is 1.96.